The Morgan fingerprint density at radius 3 is 2.83 bits per heavy atom. The number of aryl methyl sites for hydroxylation is 1. The van der Waals surface area contributed by atoms with Crippen molar-refractivity contribution in [3.8, 4) is 5.75 Å². The summed E-state index contributed by atoms with van der Waals surface area (Å²) in [5, 5.41) is 0.711. The van der Waals surface area contributed by atoms with Crippen molar-refractivity contribution in [2.24, 2.45) is 16.2 Å². The smallest absolute Gasteiger partial charge is 0.303 e. The molecule has 0 unspecified atom stereocenters. The second kappa shape index (κ2) is 13.4. The van der Waals surface area contributed by atoms with Gasteiger partial charge in [-0.2, -0.15) is 4.21 Å². The topological polar surface area (TPSA) is 124 Å². The maximum atomic E-state index is 13.6. The molecule has 0 radical (unpaired) electrons. The van der Waals surface area contributed by atoms with E-state index in [4.69, 9.17) is 25.3 Å². The number of halogens is 1. The number of carbonyl (C=O) groups is 3. The lowest BCUT2D eigenvalue weighted by atomic mass is 9.68. The number of ether oxygens (including phenoxy) is 2. The van der Waals surface area contributed by atoms with E-state index in [0.29, 0.717) is 36.9 Å². The highest BCUT2D eigenvalue weighted by atomic mass is 35.5. The summed E-state index contributed by atoms with van der Waals surface area (Å²) >= 11 is 6.41. The van der Waals surface area contributed by atoms with Gasteiger partial charge in [0.05, 0.1) is 18.9 Å². The quantitative estimate of drug-likeness (QED) is 0.326. The van der Waals surface area contributed by atoms with E-state index in [-0.39, 0.29) is 41.8 Å². The molecule has 2 aliphatic carbocycles. The van der Waals surface area contributed by atoms with E-state index in [1.807, 2.05) is 18.2 Å². The molecule has 246 valence electrons. The molecule has 46 heavy (non-hydrogen) atoms. The molecule has 2 aliphatic heterocycles. The van der Waals surface area contributed by atoms with E-state index in [2.05, 4.69) is 26.1 Å². The van der Waals surface area contributed by atoms with Gasteiger partial charge in [-0.25, -0.2) is 4.72 Å². The van der Waals surface area contributed by atoms with Crippen molar-refractivity contribution in [1.29, 1.82) is 0 Å². The highest BCUT2D eigenvalue weighted by Gasteiger charge is 2.44. The zero-order valence-corrected chi connectivity index (χ0v) is 27.7. The maximum absolute atomic E-state index is 13.6. The molecular formula is C34H40ClN3O7S. The normalized spacial score (nSPS) is 29.9. The van der Waals surface area contributed by atoms with Crippen molar-refractivity contribution >= 4 is 45.3 Å². The number of anilines is 1. The van der Waals surface area contributed by atoms with Gasteiger partial charge >= 0.3 is 5.97 Å². The molecule has 2 heterocycles. The Labute approximate surface area is 275 Å². The van der Waals surface area contributed by atoms with Crippen LogP contribution < -0.4 is 14.4 Å². The Morgan fingerprint density at radius 2 is 2.07 bits per heavy atom. The number of fused-ring (bicyclic) bond motifs is 4. The standard InChI is InChI=1S/C34H40ClN3O7S/c1-3-32(40)36-46(42)37-33(41)24-10-14-31-29(18-24)38(19-25-9-12-27(25)30(45-22(2)39)8-4-5-16-44-46)20-34(21-43-31)15-6-7-23-17-26(35)11-13-28(23)34/h4,8,10-11,13-14,17-18,25,27,30H,3,5-7,9,12,15-16,19-21H2,1-2H3,(H,36,37,40,41,42)/b8-4+/t25-,27+,30-,34-,46-/m0/s1. The van der Waals surface area contributed by atoms with Crippen LogP contribution in [-0.4, -0.2) is 54.4 Å². The van der Waals surface area contributed by atoms with E-state index >= 15 is 0 Å². The zero-order chi connectivity index (χ0) is 32.5. The molecule has 2 amide bonds. The van der Waals surface area contributed by atoms with Gasteiger partial charge in [-0.3, -0.25) is 18.6 Å². The Kier molecular flexibility index (Phi) is 9.45. The first-order valence-corrected chi connectivity index (χ1v) is 17.8. The number of esters is 1. The number of hydrogen-bond donors (Lipinski definition) is 1. The van der Waals surface area contributed by atoms with Gasteiger partial charge in [-0.1, -0.05) is 30.7 Å². The third kappa shape index (κ3) is 6.82. The number of carbonyl (C=O) groups excluding carboxylic acids is 3. The molecule has 2 bridgehead atoms. The largest absolute Gasteiger partial charge is 0.490 e. The van der Waals surface area contributed by atoms with Crippen LogP contribution in [0.1, 0.15) is 73.9 Å². The number of amides is 2. The van der Waals surface area contributed by atoms with Crippen LogP contribution in [0.2, 0.25) is 5.02 Å². The summed E-state index contributed by atoms with van der Waals surface area (Å²) in [5.74, 6) is -0.718. The van der Waals surface area contributed by atoms with Crippen LogP contribution in [0.25, 0.3) is 0 Å². The van der Waals surface area contributed by atoms with Gasteiger partial charge in [0.15, 0.2) is 0 Å². The predicted octanol–water partition coefficient (Wildman–Crippen LogP) is 5.71. The molecule has 2 aromatic rings. The van der Waals surface area contributed by atoms with Gasteiger partial charge in [0.1, 0.15) is 11.9 Å². The van der Waals surface area contributed by atoms with Gasteiger partial charge in [-0.05, 0) is 92.0 Å². The number of benzene rings is 2. The van der Waals surface area contributed by atoms with Gasteiger partial charge < -0.3 is 14.4 Å². The lowest BCUT2D eigenvalue weighted by molar-refractivity contribution is -0.149. The minimum atomic E-state index is -3.87. The van der Waals surface area contributed by atoms with Crippen molar-refractivity contribution in [2.75, 3.05) is 31.2 Å². The van der Waals surface area contributed by atoms with Crippen LogP contribution in [0, 0.1) is 11.8 Å². The molecule has 10 nitrogen and oxygen atoms in total. The summed E-state index contributed by atoms with van der Waals surface area (Å²) in [6.45, 7) is 4.71. The van der Waals surface area contributed by atoms with Gasteiger partial charge in [0.2, 0.25) is 5.91 Å². The van der Waals surface area contributed by atoms with Gasteiger partial charge in [0.25, 0.3) is 16.1 Å². The minimum Gasteiger partial charge on any atom is -0.490 e. The first kappa shape index (κ1) is 32.5. The fraction of sp³-hybridized carbons (Fsp3) is 0.500. The fourth-order valence-electron chi connectivity index (χ4n) is 7.16. The number of hydrogen-bond acceptors (Lipinski definition) is 8. The molecule has 4 aliphatic rings. The molecule has 1 fully saturated rings. The molecule has 0 aromatic heterocycles. The lowest BCUT2D eigenvalue weighted by Gasteiger charge is -2.45. The first-order chi connectivity index (χ1) is 22.1. The van der Waals surface area contributed by atoms with Crippen molar-refractivity contribution in [1.82, 2.24) is 4.72 Å². The summed E-state index contributed by atoms with van der Waals surface area (Å²) in [4.78, 5) is 40.2. The second-order valence-corrected chi connectivity index (χ2v) is 14.7. The van der Waals surface area contributed by atoms with Gasteiger partial charge in [0, 0.05) is 48.4 Å². The highest BCUT2D eigenvalue weighted by Crippen LogP contribution is 2.47. The number of nitrogens with zero attached hydrogens (tertiary/aromatic N) is 2. The maximum Gasteiger partial charge on any atom is 0.303 e. The average Bonchev–Trinajstić information content (AvgIpc) is 3.15. The number of rotatable bonds is 3. The molecular weight excluding hydrogens is 630 g/mol. The third-order valence-corrected chi connectivity index (χ3v) is 11.2. The zero-order valence-electron chi connectivity index (χ0n) is 26.2. The molecule has 12 heteroatoms. The van der Waals surface area contributed by atoms with Crippen molar-refractivity contribution < 1.29 is 32.2 Å². The summed E-state index contributed by atoms with van der Waals surface area (Å²) in [7, 11) is -3.87. The molecule has 6 rings (SSSR count). The Bertz CT molecular complexity index is 1690. The van der Waals surface area contributed by atoms with Gasteiger partial charge in [-0.15, -0.1) is 4.36 Å². The fourth-order valence-corrected chi connectivity index (χ4v) is 8.59. The molecule has 0 saturated heterocycles. The van der Waals surface area contributed by atoms with Crippen molar-refractivity contribution in [3.05, 3.63) is 70.3 Å². The van der Waals surface area contributed by atoms with Crippen LogP contribution >= 0.6 is 11.6 Å². The molecule has 1 N–H and O–H groups in total. The Hall–Kier alpha value is -3.41. The van der Waals surface area contributed by atoms with E-state index in [9.17, 15) is 18.6 Å². The lowest BCUT2D eigenvalue weighted by Crippen LogP contribution is -2.49. The molecule has 5 atom stereocenters. The van der Waals surface area contributed by atoms with Crippen LogP contribution in [-0.2, 0) is 40.5 Å². The monoisotopic (exact) mass is 669 g/mol. The van der Waals surface area contributed by atoms with Crippen LogP contribution in [0.4, 0.5) is 5.69 Å². The summed E-state index contributed by atoms with van der Waals surface area (Å²) in [6, 6.07) is 11.2. The summed E-state index contributed by atoms with van der Waals surface area (Å²) in [6.07, 6.45) is 8.34. The Balaban J connectivity index is 1.44. The second-order valence-electron chi connectivity index (χ2n) is 12.7. The third-order valence-electron chi connectivity index (χ3n) is 9.56. The molecule has 1 saturated carbocycles. The molecule has 2 aromatic carbocycles. The predicted molar refractivity (Wildman–Crippen MR) is 175 cm³/mol. The van der Waals surface area contributed by atoms with Crippen LogP contribution in [0.3, 0.4) is 0 Å². The first-order valence-electron chi connectivity index (χ1n) is 16.0. The van der Waals surface area contributed by atoms with Crippen LogP contribution in [0.5, 0.6) is 5.75 Å². The number of nitrogens with one attached hydrogen (secondary N) is 1. The van der Waals surface area contributed by atoms with E-state index < -0.39 is 28.1 Å². The highest BCUT2D eigenvalue weighted by molar-refractivity contribution is 7.88. The average molecular weight is 670 g/mol. The summed E-state index contributed by atoms with van der Waals surface area (Å²) in [5.41, 5.74) is 3.08. The summed E-state index contributed by atoms with van der Waals surface area (Å²) < 4.78 is 37.7. The van der Waals surface area contributed by atoms with E-state index in [1.165, 1.54) is 18.1 Å². The Morgan fingerprint density at radius 1 is 1.22 bits per heavy atom. The van der Waals surface area contributed by atoms with E-state index in [0.717, 1.165) is 37.8 Å². The SMILES string of the molecule is CCC(=O)N[S@@]1(=O)=NC(=O)c2ccc3c(c2)N(C[C@@H]2CC[C@H]2[C@@H](OC(C)=O)/C=C/CCO1)C[C@@]1(CCCc2cc(Cl)ccc21)CO3. The van der Waals surface area contributed by atoms with Crippen molar-refractivity contribution in [2.45, 2.75) is 70.3 Å². The van der Waals surface area contributed by atoms with Crippen molar-refractivity contribution in [3.63, 3.8) is 0 Å². The van der Waals surface area contributed by atoms with Crippen LogP contribution in [0.15, 0.2) is 52.9 Å². The van der Waals surface area contributed by atoms with E-state index in [1.54, 1.807) is 25.1 Å². The molecule has 1 spiro atoms. The minimum absolute atomic E-state index is 0.0405.